The average Bonchev–Trinajstić information content (AvgIpc) is 2.05. The molecule has 1 rings (SSSR count). The molecule has 0 spiro atoms. The molecule has 0 radical (unpaired) electrons. The van der Waals surface area contributed by atoms with E-state index in [1.54, 1.807) is 0 Å². The first-order chi connectivity index (χ1) is 4.86. The van der Waals surface area contributed by atoms with Crippen LogP contribution < -0.4 is 5.32 Å². The van der Waals surface area contributed by atoms with Crippen LogP contribution in [0.15, 0.2) is 12.2 Å². The van der Waals surface area contributed by atoms with Gasteiger partial charge in [-0.25, -0.2) is 0 Å². The molecule has 0 bridgehead atoms. The van der Waals surface area contributed by atoms with Gasteiger partial charge in [-0.1, -0.05) is 26.0 Å². The first-order valence-corrected chi connectivity index (χ1v) is 4.29. The SMILES string of the molecule is CCC1C=CCC(CC)N1. The molecule has 1 heterocycles. The molecule has 2 atom stereocenters. The van der Waals surface area contributed by atoms with E-state index in [4.69, 9.17) is 0 Å². The Morgan fingerprint density at radius 1 is 1.40 bits per heavy atom. The second-order valence-electron chi connectivity index (χ2n) is 2.95. The van der Waals surface area contributed by atoms with Crippen molar-refractivity contribution in [3.05, 3.63) is 12.2 Å². The van der Waals surface area contributed by atoms with E-state index in [0.717, 1.165) is 6.04 Å². The lowest BCUT2D eigenvalue weighted by Gasteiger charge is -2.24. The van der Waals surface area contributed by atoms with Gasteiger partial charge in [0.2, 0.25) is 0 Å². The fourth-order valence-electron chi connectivity index (χ4n) is 1.37. The van der Waals surface area contributed by atoms with Gasteiger partial charge in [0.15, 0.2) is 0 Å². The summed E-state index contributed by atoms with van der Waals surface area (Å²) in [7, 11) is 0. The van der Waals surface area contributed by atoms with Crippen molar-refractivity contribution < 1.29 is 0 Å². The van der Waals surface area contributed by atoms with E-state index in [1.165, 1.54) is 19.3 Å². The van der Waals surface area contributed by atoms with Crippen molar-refractivity contribution in [1.82, 2.24) is 5.32 Å². The average molecular weight is 139 g/mol. The van der Waals surface area contributed by atoms with E-state index in [1.807, 2.05) is 0 Å². The number of rotatable bonds is 2. The van der Waals surface area contributed by atoms with E-state index in [2.05, 4.69) is 31.3 Å². The van der Waals surface area contributed by atoms with Crippen molar-refractivity contribution in [2.75, 3.05) is 0 Å². The first kappa shape index (κ1) is 7.80. The first-order valence-electron chi connectivity index (χ1n) is 4.29. The largest absolute Gasteiger partial charge is 0.307 e. The zero-order chi connectivity index (χ0) is 7.40. The van der Waals surface area contributed by atoms with Gasteiger partial charge in [-0.3, -0.25) is 0 Å². The van der Waals surface area contributed by atoms with Crippen molar-refractivity contribution in [1.29, 1.82) is 0 Å². The predicted octanol–water partition coefficient (Wildman–Crippen LogP) is 2.09. The predicted molar refractivity (Wildman–Crippen MR) is 45.1 cm³/mol. The zero-order valence-electron chi connectivity index (χ0n) is 6.93. The third kappa shape index (κ3) is 1.84. The molecule has 0 aromatic carbocycles. The molecular weight excluding hydrogens is 122 g/mol. The van der Waals surface area contributed by atoms with E-state index < -0.39 is 0 Å². The highest BCUT2D eigenvalue weighted by molar-refractivity contribution is 5.00. The Kier molecular flexibility index (Phi) is 2.94. The van der Waals surface area contributed by atoms with Crippen molar-refractivity contribution in [3.8, 4) is 0 Å². The molecule has 2 unspecified atom stereocenters. The summed E-state index contributed by atoms with van der Waals surface area (Å²) in [5.74, 6) is 0. The molecule has 1 heteroatoms. The smallest absolute Gasteiger partial charge is 0.0250 e. The summed E-state index contributed by atoms with van der Waals surface area (Å²) in [6.07, 6.45) is 8.27. The standard InChI is InChI=1S/C9H17N/c1-3-8-6-5-7-9(4-2)10-8/h5-6,8-10H,3-4,7H2,1-2H3. The van der Waals surface area contributed by atoms with Crippen molar-refractivity contribution in [3.63, 3.8) is 0 Å². The Hall–Kier alpha value is -0.300. The van der Waals surface area contributed by atoms with Crippen LogP contribution in [0.3, 0.4) is 0 Å². The third-order valence-corrected chi connectivity index (χ3v) is 2.17. The Labute approximate surface area is 63.5 Å². The minimum absolute atomic E-state index is 0.638. The molecular formula is C9H17N. The van der Waals surface area contributed by atoms with Gasteiger partial charge >= 0.3 is 0 Å². The monoisotopic (exact) mass is 139 g/mol. The van der Waals surface area contributed by atoms with Crippen molar-refractivity contribution in [2.24, 2.45) is 0 Å². The normalized spacial score (nSPS) is 32.6. The van der Waals surface area contributed by atoms with Crippen LogP contribution in [0.25, 0.3) is 0 Å². The second kappa shape index (κ2) is 3.77. The van der Waals surface area contributed by atoms with Gasteiger partial charge in [-0.15, -0.1) is 0 Å². The number of hydrogen-bond donors (Lipinski definition) is 1. The summed E-state index contributed by atoms with van der Waals surface area (Å²) >= 11 is 0. The maximum absolute atomic E-state index is 3.57. The van der Waals surface area contributed by atoms with Crippen LogP contribution in [0.4, 0.5) is 0 Å². The Morgan fingerprint density at radius 3 is 2.80 bits per heavy atom. The minimum atomic E-state index is 0.638. The summed E-state index contributed by atoms with van der Waals surface area (Å²) < 4.78 is 0. The van der Waals surface area contributed by atoms with Crippen LogP contribution >= 0.6 is 0 Å². The summed E-state index contributed by atoms with van der Waals surface area (Å²) in [4.78, 5) is 0. The Bertz CT molecular complexity index is 118. The summed E-state index contributed by atoms with van der Waals surface area (Å²) in [6, 6.07) is 1.37. The van der Waals surface area contributed by atoms with Crippen LogP contribution in [0.2, 0.25) is 0 Å². The fourth-order valence-corrected chi connectivity index (χ4v) is 1.37. The molecule has 0 saturated heterocycles. The Morgan fingerprint density at radius 2 is 2.20 bits per heavy atom. The molecule has 1 aliphatic heterocycles. The zero-order valence-corrected chi connectivity index (χ0v) is 6.93. The fraction of sp³-hybridized carbons (Fsp3) is 0.778. The van der Waals surface area contributed by atoms with Crippen LogP contribution in [-0.4, -0.2) is 12.1 Å². The second-order valence-corrected chi connectivity index (χ2v) is 2.95. The van der Waals surface area contributed by atoms with Gasteiger partial charge in [0.25, 0.3) is 0 Å². The highest BCUT2D eigenvalue weighted by Gasteiger charge is 2.12. The third-order valence-electron chi connectivity index (χ3n) is 2.17. The maximum atomic E-state index is 3.57. The number of hydrogen-bond acceptors (Lipinski definition) is 1. The summed E-state index contributed by atoms with van der Waals surface area (Å²) in [6.45, 7) is 4.46. The number of nitrogens with one attached hydrogen (secondary N) is 1. The molecule has 0 saturated carbocycles. The van der Waals surface area contributed by atoms with Gasteiger partial charge in [0, 0.05) is 12.1 Å². The molecule has 10 heavy (non-hydrogen) atoms. The van der Waals surface area contributed by atoms with Crippen molar-refractivity contribution >= 4 is 0 Å². The molecule has 1 nitrogen and oxygen atoms in total. The van der Waals surface area contributed by atoms with Crippen molar-refractivity contribution in [2.45, 2.75) is 45.2 Å². The molecule has 1 N–H and O–H groups in total. The quantitative estimate of drug-likeness (QED) is 0.578. The Balaban J connectivity index is 2.38. The van der Waals surface area contributed by atoms with Crippen LogP contribution in [0, 0.1) is 0 Å². The topological polar surface area (TPSA) is 12.0 Å². The minimum Gasteiger partial charge on any atom is -0.307 e. The van der Waals surface area contributed by atoms with Gasteiger partial charge < -0.3 is 5.32 Å². The van der Waals surface area contributed by atoms with E-state index >= 15 is 0 Å². The van der Waals surface area contributed by atoms with Gasteiger partial charge in [-0.05, 0) is 19.3 Å². The molecule has 0 aromatic heterocycles. The lowest BCUT2D eigenvalue weighted by atomic mass is 10.0. The molecule has 0 aromatic rings. The van der Waals surface area contributed by atoms with Gasteiger partial charge in [0.05, 0.1) is 0 Å². The molecule has 0 fully saturated rings. The molecule has 58 valence electrons. The van der Waals surface area contributed by atoms with Gasteiger partial charge in [-0.2, -0.15) is 0 Å². The van der Waals surface area contributed by atoms with E-state index in [0.29, 0.717) is 6.04 Å². The lowest BCUT2D eigenvalue weighted by Crippen LogP contribution is -2.38. The lowest BCUT2D eigenvalue weighted by molar-refractivity contribution is 0.434. The van der Waals surface area contributed by atoms with Crippen LogP contribution in [0.5, 0.6) is 0 Å². The van der Waals surface area contributed by atoms with E-state index in [9.17, 15) is 0 Å². The van der Waals surface area contributed by atoms with Crippen LogP contribution in [0.1, 0.15) is 33.1 Å². The van der Waals surface area contributed by atoms with Gasteiger partial charge in [0.1, 0.15) is 0 Å². The highest BCUT2D eigenvalue weighted by Crippen LogP contribution is 2.09. The molecule has 0 aliphatic carbocycles. The highest BCUT2D eigenvalue weighted by atomic mass is 14.9. The molecule has 0 amide bonds. The maximum Gasteiger partial charge on any atom is 0.0250 e. The summed E-state index contributed by atoms with van der Waals surface area (Å²) in [5, 5.41) is 3.57. The van der Waals surface area contributed by atoms with E-state index in [-0.39, 0.29) is 0 Å². The summed E-state index contributed by atoms with van der Waals surface area (Å²) in [5.41, 5.74) is 0. The van der Waals surface area contributed by atoms with Crippen LogP contribution in [-0.2, 0) is 0 Å². The molecule has 1 aliphatic rings.